The first-order chi connectivity index (χ1) is 12.3. The molecule has 2 aromatic rings. The average molecular weight is 343 g/mol. The van der Waals surface area contributed by atoms with Crippen LogP contribution in [0.3, 0.4) is 0 Å². The number of hydrogen-bond donors (Lipinski definition) is 1. The molecule has 1 aliphatic carbocycles. The molecule has 1 amide bonds. The number of hydrogen-bond acceptors (Lipinski definition) is 5. The lowest BCUT2D eigenvalue weighted by Crippen LogP contribution is -2.27. The molecular weight excluding hydrogens is 318 g/mol. The largest absolute Gasteiger partial charge is 0.378 e. The number of aromatic nitrogens is 4. The highest BCUT2D eigenvalue weighted by molar-refractivity contribution is 5.78. The minimum absolute atomic E-state index is 0.0350. The Morgan fingerprint density at radius 2 is 2.00 bits per heavy atom. The van der Waals surface area contributed by atoms with Gasteiger partial charge in [-0.3, -0.25) is 4.79 Å². The molecule has 1 aliphatic rings. The lowest BCUT2D eigenvalue weighted by atomic mass is 9.98. The van der Waals surface area contributed by atoms with Crippen LogP contribution in [0, 0.1) is 0 Å². The predicted octanol–water partition coefficient (Wildman–Crippen LogP) is 2.06. The molecule has 25 heavy (non-hydrogen) atoms. The maximum absolute atomic E-state index is 12.0. The molecule has 0 unspecified atom stereocenters. The van der Waals surface area contributed by atoms with Crippen molar-refractivity contribution in [3.63, 3.8) is 0 Å². The van der Waals surface area contributed by atoms with Crippen LogP contribution in [0.5, 0.6) is 0 Å². The molecule has 1 aromatic heterocycles. The molecule has 1 aromatic carbocycles. The van der Waals surface area contributed by atoms with Crippen LogP contribution in [0.15, 0.2) is 30.6 Å². The van der Waals surface area contributed by atoms with Crippen molar-refractivity contribution in [2.24, 2.45) is 0 Å². The van der Waals surface area contributed by atoms with Crippen molar-refractivity contribution in [3.05, 3.63) is 36.2 Å². The van der Waals surface area contributed by atoms with E-state index in [2.05, 4.69) is 20.8 Å². The maximum Gasteiger partial charge on any atom is 0.224 e. The van der Waals surface area contributed by atoms with Gasteiger partial charge in [0.2, 0.25) is 5.91 Å². The summed E-state index contributed by atoms with van der Waals surface area (Å²) >= 11 is 0. The number of rotatable bonds is 8. The zero-order valence-corrected chi connectivity index (χ0v) is 14.4. The van der Waals surface area contributed by atoms with Gasteiger partial charge in [0.25, 0.3) is 0 Å². The second kappa shape index (κ2) is 9.27. The SMILES string of the molecule is O=C(Cc1ccc(-n2cnnn2)cc1)NCCCOC1CCCCC1. The van der Waals surface area contributed by atoms with Crippen LogP contribution in [0.2, 0.25) is 0 Å². The Morgan fingerprint density at radius 3 is 2.72 bits per heavy atom. The van der Waals surface area contributed by atoms with E-state index < -0.39 is 0 Å². The van der Waals surface area contributed by atoms with Crippen LogP contribution >= 0.6 is 0 Å². The molecule has 7 heteroatoms. The number of carbonyl (C=O) groups excluding carboxylic acids is 1. The minimum Gasteiger partial charge on any atom is -0.378 e. The fraction of sp³-hybridized carbons (Fsp3) is 0.556. The van der Waals surface area contributed by atoms with Gasteiger partial charge >= 0.3 is 0 Å². The Labute approximate surface area is 147 Å². The molecule has 134 valence electrons. The lowest BCUT2D eigenvalue weighted by molar-refractivity contribution is -0.120. The zero-order valence-electron chi connectivity index (χ0n) is 14.4. The van der Waals surface area contributed by atoms with Crippen LogP contribution < -0.4 is 5.32 Å². The third-order valence-corrected chi connectivity index (χ3v) is 4.46. The third kappa shape index (κ3) is 5.63. The molecule has 0 spiro atoms. The minimum atomic E-state index is 0.0350. The van der Waals surface area contributed by atoms with Crippen molar-refractivity contribution in [1.29, 1.82) is 0 Å². The number of tetrazole rings is 1. The van der Waals surface area contributed by atoms with Crippen molar-refractivity contribution >= 4 is 5.91 Å². The molecule has 3 rings (SSSR count). The number of nitrogens with zero attached hydrogens (tertiary/aromatic N) is 4. The predicted molar refractivity (Wildman–Crippen MR) is 93.3 cm³/mol. The summed E-state index contributed by atoms with van der Waals surface area (Å²) in [6.07, 6.45) is 9.49. The third-order valence-electron chi connectivity index (χ3n) is 4.46. The first-order valence-electron chi connectivity index (χ1n) is 9.02. The van der Waals surface area contributed by atoms with Gasteiger partial charge in [-0.15, -0.1) is 5.10 Å². The van der Waals surface area contributed by atoms with Gasteiger partial charge in [-0.25, -0.2) is 4.68 Å². The maximum atomic E-state index is 12.0. The van der Waals surface area contributed by atoms with E-state index in [1.165, 1.54) is 38.4 Å². The summed E-state index contributed by atoms with van der Waals surface area (Å²) in [5, 5.41) is 14.0. The first kappa shape index (κ1) is 17.5. The van der Waals surface area contributed by atoms with Gasteiger partial charge in [0, 0.05) is 13.2 Å². The van der Waals surface area contributed by atoms with E-state index in [0.717, 1.165) is 24.3 Å². The Morgan fingerprint density at radius 1 is 1.20 bits per heavy atom. The van der Waals surface area contributed by atoms with E-state index in [9.17, 15) is 4.79 Å². The number of benzene rings is 1. The first-order valence-corrected chi connectivity index (χ1v) is 9.02. The fourth-order valence-electron chi connectivity index (χ4n) is 3.08. The number of nitrogens with one attached hydrogen (secondary N) is 1. The van der Waals surface area contributed by atoms with Gasteiger partial charge in [-0.2, -0.15) is 0 Å². The fourth-order valence-corrected chi connectivity index (χ4v) is 3.08. The van der Waals surface area contributed by atoms with Gasteiger partial charge in [-0.05, 0) is 47.4 Å². The van der Waals surface area contributed by atoms with Gasteiger partial charge < -0.3 is 10.1 Å². The quantitative estimate of drug-likeness (QED) is 0.742. The van der Waals surface area contributed by atoms with E-state index in [0.29, 0.717) is 19.1 Å². The van der Waals surface area contributed by atoms with Crippen LogP contribution in [0.1, 0.15) is 44.1 Å². The molecule has 0 aliphatic heterocycles. The van der Waals surface area contributed by atoms with Gasteiger partial charge in [0.15, 0.2) is 0 Å². The molecule has 1 N–H and O–H groups in total. The van der Waals surface area contributed by atoms with Crippen LogP contribution in [-0.2, 0) is 16.0 Å². The summed E-state index contributed by atoms with van der Waals surface area (Å²) in [5.41, 5.74) is 1.83. The molecular formula is C18H25N5O2. The van der Waals surface area contributed by atoms with E-state index in [1.54, 1.807) is 4.68 Å². The highest BCUT2D eigenvalue weighted by Gasteiger charge is 2.13. The summed E-state index contributed by atoms with van der Waals surface area (Å²) in [6.45, 7) is 1.39. The highest BCUT2D eigenvalue weighted by atomic mass is 16.5. The topological polar surface area (TPSA) is 81.9 Å². The normalized spacial score (nSPS) is 15.2. The second-order valence-electron chi connectivity index (χ2n) is 6.43. The van der Waals surface area contributed by atoms with Gasteiger partial charge in [0.05, 0.1) is 18.2 Å². The van der Waals surface area contributed by atoms with E-state index >= 15 is 0 Å². The molecule has 0 radical (unpaired) electrons. The van der Waals surface area contributed by atoms with E-state index in [4.69, 9.17) is 4.74 Å². The summed E-state index contributed by atoms with van der Waals surface area (Å²) in [4.78, 5) is 12.0. The molecule has 0 saturated heterocycles. The average Bonchev–Trinajstić information content (AvgIpc) is 3.18. The van der Waals surface area contributed by atoms with Crippen molar-refractivity contribution in [2.75, 3.05) is 13.2 Å². The Hall–Kier alpha value is -2.28. The molecule has 1 heterocycles. The molecule has 0 atom stereocenters. The molecule has 7 nitrogen and oxygen atoms in total. The van der Waals surface area contributed by atoms with Crippen molar-refractivity contribution in [2.45, 2.75) is 51.0 Å². The Kier molecular flexibility index (Phi) is 6.50. The number of ether oxygens (including phenoxy) is 1. The van der Waals surface area contributed by atoms with Crippen molar-refractivity contribution < 1.29 is 9.53 Å². The standard InChI is InChI=1S/C18H25N5O2/c24-18(19-11-4-12-25-17-5-2-1-3-6-17)13-15-7-9-16(10-8-15)23-14-20-21-22-23/h7-10,14,17H,1-6,11-13H2,(H,19,24). The highest BCUT2D eigenvalue weighted by Crippen LogP contribution is 2.20. The van der Waals surface area contributed by atoms with Crippen LogP contribution in [-0.4, -0.2) is 45.4 Å². The van der Waals surface area contributed by atoms with Crippen LogP contribution in [0.4, 0.5) is 0 Å². The number of amides is 1. The summed E-state index contributed by atoms with van der Waals surface area (Å²) in [5.74, 6) is 0.0350. The Bertz CT molecular complexity index is 636. The molecule has 1 saturated carbocycles. The summed E-state index contributed by atoms with van der Waals surface area (Å²) in [6, 6.07) is 7.64. The van der Waals surface area contributed by atoms with E-state index in [1.807, 2.05) is 24.3 Å². The van der Waals surface area contributed by atoms with E-state index in [-0.39, 0.29) is 5.91 Å². The zero-order chi connectivity index (χ0) is 17.3. The summed E-state index contributed by atoms with van der Waals surface area (Å²) in [7, 11) is 0. The molecule has 1 fully saturated rings. The molecule has 0 bridgehead atoms. The monoisotopic (exact) mass is 343 g/mol. The van der Waals surface area contributed by atoms with Crippen molar-refractivity contribution in [1.82, 2.24) is 25.5 Å². The van der Waals surface area contributed by atoms with Gasteiger partial charge in [-0.1, -0.05) is 31.4 Å². The Balaban J connectivity index is 1.32. The van der Waals surface area contributed by atoms with Gasteiger partial charge in [0.1, 0.15) is 6.33 Å². The number of carbonyl (C=O) groups is 1. The smallest absolute Gasteiger partial charge is 0.224 e. The van der Waals surface area contributed by atoms with Crippen LogP contribution in [0.25, 0.3) is 5.69 Å². The summed E-state index contributed by atoms with van der Waals surface area (Å²) < 4.78 is 7.44. The lowest BCUT2D eigenvalue weighted by Gasteiger charge is -2.21. The van der Waals surface area contributed by atoms with Crippen molar-refractivity contribution in [3.8, 4) is 5.69 Å². The second-order valence-corrected chi connectivity index (χ2v) is 6.43.